The molecule has 0 N–H and O–H groups in total. The van der Waals surface area contributed by atoms with Crippen molar-refractivity contribution in [2.45, 2.75) is 24.7 Å². The van der Waals surface area contributed by atoms with Crippen LogP contribution in [0.3, 0.4) is 0 Å². The zero-order valence-electron chi connectivity index (χ0n) is 11.9. The van der Waals surface area contributed by atoms with E-state index in [4.69, 9.17) is 9.47 Å². The number of carbonyl (C=O) groups excluding carboxylic acids is 2. The van der Waals surface area contributed by atoms with Crippen molar-refractivity contribution >= 4 is 23.5 Å². The van der Waals surface area contributed by atoms with Crippen molar-refractivity contribution in [3.63, 3.8) is 0 Å². The van der Waals surface area contributed by atoms with Crippen LogP contribution in [0, 0.1) is 0 Å². The summed E-state index contributed by atoms with van der Waals surface area (Å²) in [4.78, 5) is 24.0. The van der Waals surface area contributed by atoms with Crippen LogP contribution in [0.4, 0.5) is 0 Å². The van der Waals surface area contributed by atoms with Gasteiger partial charge in [-0.1, -0.05) is 19.1 Å². The van der Waals surface area contributed by atoms with E-state index in [9.17, 15) is 9.59 Å². The molecular formula is C15H20O4S. The van der Waals surface area contributed by atoms with Gasteiger partial charge in [-0.15, -0.1) is 11.8 Å². The number of thioether (sulfide) groups is 1. The zero-order chi connectivity index (χ0) is 14.8. The summed E-state index contributed by atoms with van der Waals surface area (Å²) in [6.07, 6.45) is 1.42. The first kappa shape index (κ1) is 16.7. The molecular weight excluding hydrogens is 276 g/mol. The smallest absolute Gasteiger partial charge is 0.316 e. The number of ether oxygens (including phenoxy) is 2. The molecule has 0 amide bonds. The van der Waals surface area contributed by atoms with Gasteiger partial charge in [-0.2, -0.15) is 0 Å². The molecule has 0 aliphatic heterocycles. The molecule has 0 spiro atoms. The summed E-state index contributed by atoms with van der Waals surface area (Å²) in [5.41, 5.74) is 0.721. The largest absolute Gasteiger partial charge is 0.463 e. The van der Waals surface area contributed by atoms with Gasteiger partial charge in [0.25, 0.3) is 0 Å². The number of hydrogen-bond donors (Lipinski definition) is 0. The highest BCUT2D eigenvalue weighted by atomic mass is 32.2. The van der Waals surface area contributed by atoms with Gasteiger partial charge >= 0.3 is 5.97 Å². The van der Waals surface area contributed by atoms with Crippen LogP contribution < -0.4 is 0 Å². The molecule has 0 radical (unpaired) electrons. The van der Waals surface area contributed by atoms with E-state index in [0.29, 0.717) is 13.0 Å². The van der Waals surface area contributed by atoms with Crippen molar-refractivity contribution in [1.29, 1.82) is 0 Å². The molecule has 1 aromatic carbocycles. The van der Waals surface area contributed by atoms with Crippen molar-refractivity contribution in [2.24, 2.45) is 0 Å². The molecule has 0 unspecified atom stereocenters. The lowest BCUT2D eigenvalue weighted by atomic mass is 10.1. The van der Waals surface area contributed by atoms with Crippen LogP contribution in [0.5, 0.6) is 0 Å². The predicted octanol–water partition coefficient (Wildman–Crippen LogP) is 2.95. The van der Waals surface area contributed by atoms with E-state index in [0.717, 1.165) is 16.9 Å². The molecule has 4 nitrogen and oxygen atoms in total. The van der Waals surface area contributed by atoms with E-state index in [2.05, 4.69) is 0 Å². The number of methoxy groups -OCH3 is 1. The van der Waals surface area contributed by atoms with E-state index >= 15 is 0 Å². The second-order valence-electron chi connectivity index (χ2n) is 4.20. The lowest BCUT2D eigenvalue weighted by Crippen LogP contribution is -2.11. The van der Waals surface area contributed by atoms with Crippen LogP contribution in [-0.4, -0.2) is 37.8 Å². The number of esters is 1. The summed E-state index contributed by atoms with van der Waals surface area (Å²) in [6.45, 7) is 2.67. The second-order valence-corrected chi connectivity index (χ2v) is 5.25. The van der Waals surface area contributed by atoms with Crippen LogP contribution in [0.15, 0.2) is 29.2 Å². The fraction of sp³-hybridized carbons (Fsp3) is 0.467. The highest BCUT2D eigenvalue weighted by Gasteiger charge is 2.06. The van der Waals surface area contributed by atoms with E-state index in [1.54, 1.807) is 19.2 Å². The van der Waals surface area contributed by atoms with Gasteiger partial charge in [0.2, 0.25) is 0 Å². The Kier molecular flexibility index (Phi) is 7.99. The first-order chi connectivity index (χ1) is 9.67. The molecule has 110 valence electrons. The van der Waals surface area contributed by atoms with Gasteiger partial charge < -0.3 is 9.47 Å². The monoisotopic (exact) mass is 296 g/mol. The molecule has 0 aromatic heterocycles. The summed E-state index contributed by atoms with van der Waals surface area (Å²) < 4.78 is 9.75. The summed E-state index contributed by atoms with van der Waals surface area (Å²) in [5.74, 6) is 0.146. The molecule has 0 fully saturated rings. The number of rotatable bonds is 9. The normalized spacial score (nSPS) is 10.3. The third-order valence-corrected chi connectivity index (χ3v) is 3.55. The third kappa shape index (κ3) is 6.21. The lowest BCUT2D eigenvalue weighted by molar-refractivity contribution is -0.141. The summed E-state index contributed by atoms with van der Waals surface area (Å²) in [5, 5.41) is 0. The molecule has 20 heavy (non-hydrogen) atoms. The molecule has 1 rings (SSSR count). The van der Waals surface area contributed by atoms with Gasteiger partial charge in [-0.05, 0) is 18.6 Å². The Hall–Kier alpha value is -1.33. The highest BCUT2D eigenvalue weighted by molar-refractivity contribution is 8.00. The fourth-order valence-electron chi connectivity index (χ4n) is 1.53. The molecule has 0 heterocycles. The first-order valence-electron chi connectivity index (χ1n) is 6.58. The summed E-state index contributed by atoms with van der Waals surface area (Å²) in [7, 11) is 1.56. The Labute approximate surface area is 123 Å². The highest BCUT2D eigenvalue weighted by Crippen LogP contribution is 2.19. The van der Waals surface area contributed by atoms with Gasteiger partial charge in [-0.3, -0.25) is 9.59 Å². The standard InChI is InChI=1S/C15H20O4S/c1-3-4-14(16)12-5-7-13(8-6-12)20-11-15(17)19-10-9-18-2/h5-8H,3-4,9-11H2,1-2H3. The molecule has 0 saturated heterocycles. The van der Waals surface area contributed by atoms with Crippen LogP contribution in [-0.2, 0) is 14.3 Å². The number of carbonyl (C=O) groups is 2. The van der Waals surface area contributed by atoms with Gasteiger partial charge in [0.15, 0.2) is 5.78 Å². The van der Waals surface area contributed by atoms with Gasteiger partial charge in [0.05, 0.1) is 12.4 Å². The first-order valence-corrected chi connectivity index (χ1v) is 7.56. The Morgan fingerprint density at radius 3 is 2.45 bits per heavy atom. The minimum Gasteiger partial charge on any atom is -0.463 e. The number of hydrogen-bond acceptors (Lipinski definition) is 5. The fourth-order valence-corrected chi connectivity index (χ4v) is 2.23. The van der Waals surface area contributed by atoms with Crippen LogP contribution in [0.1, 0.15) is 30.1 Å². The quantitative estimate of drug-likeness (QED) is 0.303. The molecule has 0 saturated carbocycles. The average Bonchev–Trinajstić information content (AvgIpc) is 2.46. The number of Topliss-reactive ketones (excluding diaryl/α,β-unsaturated/α-hetero) is 1. The van der Waals surface area contributed by atoms with E-state index in [-0.39, 0.29) is 24.1 Å². The van der Waals surface area contributed by atoms with Crippen molar-refractivity contribution in [2.75, 3.05) is 26.1 Å². The van der Waals surface area contributed by atoms with Crippen molar-refractivity contribution < 1.29 is 19.1 Å². The van der Waals surface area contributed by atoms with Crippen LogP contribution in [0.25, 0.3) is 0 Å². The van der Waals surface area contributed by atoms with Crippen molar-refractivity contribution in [3.8, 4) is 0 Å². The minimum atomic E-state index is -0.266. The lowest BCUT2D eigenvalue weighted by Gasteiger charge is -2.05. The maximum Gasteiger partial charge on any atom is 0.316 e. The topological polar surface area (TPSA) is 52.6 Å². The molecule has 0 atom stereocenters. The molecule has 0 aliphatic rings. The summed E-state index contributed by atoms with van der Waals surface area (Å²) >= 11 is 1.39. The maximum absolute atomic E-state index is 11.7. The Morgan fingerprint density at radius 2 is 1.85 bits per heavy atom. The Morgan fingerprint density at radius 1 is 1.15 bits per heavy atom. The molecule has 1 aromatic rings. The van der Waals surface area contributed by atoms with E-state index in [1.165, 1.54) is 11.8 Å². The number of ketones is 1. The van der Waals surface area contributed by atoms with E-state index < -0.39 is 0 Å². The van der Waals surface area contributed by atoms with E-state index in [1.807, 2.05) is 19.1 Å². The second kappa shape index (κ2) is 9.55. The third-order valence-electron chi connectivity index (χ3n) is 2.56. The van der Waals surface area contributed by atoms with Crippen LogP contribution >= 0.6 is 11.8 Å². The van der Waals surface area contributed by atoms with Gasteiger partial charge in [-0.25, -0.2) is 0 Å². The van der Waals surface area contributed by atoms with Crippen molar-refractivity contribution in [3.05, 3.63) is 29.8 Å². The predicted molar refractivity (Wildman–Crippen MR) is 79.2 cm³/mol. The minimum absolute atomic E-state index is 0.156. The van der Waals surface area contributed by atoms with Crippen LogP contribution in [0.2, 0.25) is 0 Å². The molecule has 5 heteroatoms. The summed E-state index contributed by atoms with van der Waals surface area (Å²) in [6, 6.07) is 7.32. The number of benzene rings is 1. The average molecular weight is 296 g/mol. The zero-order valence-corrected chi connectivity index (χ0v) is 12.7. The van der Waals surface area contributed by atoms with Gasteiger partial charge in [0, 0.05) is 24.0 Å². The maximum atomic E-state index is 11.7. The molecule has 0 aliphatic carbocycles. The Balaban J connectivity index is 2.38. The molecule has 0 bridgehead atoms. The van der Waals surface area contributed by atoms with Crippen molar-refractivity contribution in [1.82, 2.24) is 0 Å². The van der Waals surface area contributed by atoms with Gasteiger partial charge in [0.1, 0.15) is 6.61 Å². The SMILES string of the molecule is CCCC(=O)c1ccc(SCC(=O)OCCOC)cc1. The Bertz CT molecular complexity index is 428.